The maximum absolute atomic E-state index is 11.9. The van der Waals surface area contributed by atoms with Gasteiger partial charge in [-0.1, -0.05) is 28.1 Å². The average molecular weight is 319 g/mol. The van der Waals surface area contributed by atoms with Crippen LogP contribution in [-0.4, -0.2) is 15.7 Å². The largest absolute Gasteiger partial charge is 0.310 e. The topological polar surface area (TPSA) is 70.7 Å². The zero-order valence-electron chi connectivity index (χ0n) is 10.2. The van der Waals surface area contributed by atoms with Gasteiger partial charge in [-0.25, -0.2) is 0 Å². The fraction of sp³-hybridized carbons (Fsp3) is 0.154. The molecule has 5 nitrogen and oxygen atoms in total. The number of carbonyl (C=O) groups excluding carboxylic acids is 1. The Balaban J connectivity index is 2.07. The van der Waals surface area contributed by atoms with Crippen LogP contribution >= 0.6 is 15.9 Å². The molecule has 0 saturated heterocycles. The van der Waals surface area contributed by atoms with E-state index in [9.17, 15) is 4.79 Å². The molecular weight excluding hydrogens is 308 g/mol. The molecule has 0 unspecified atom stereocenters. The highest BCUT2D eigenvalue weighted by atomic mass is 79.9. The lowest BCUT2D eigenvalue weighted by Gasteiger charge is -2.06. The fourth-order valence-electron chi connectivity index (χ4n) is 1.63. The number of benzene rings is 1. The van der Waals surface area contributed by atoms with Gasteiger partial charge in [-0.15, -0.1) is 0 Å². The number of anilines is 1. The first-order valence-corrected chi connectivity index (χ1v) is 6.36. The predicted molar refractivity (Wildman–Crippen MR) is 74.4 cm³/mol. The molecule has 0 spiro atoms. The van der Waals surface area contributed by atoms with Gasteiger partial charge in [0.25, 0.3) is 0 Å². The standard InChI is InChI=1S/C13H11BrN4O/c1-18-13(10(7-15)8-16-18)17-12(19)6-9-2-4-11(14)5-3-9/h2-5,8H,6H2,1H3,(H,17,19). The third kappa shape index (κ3) is 3.20. The van der Waals surface area contributed by atoms with E-state index in [4.69, 9.17) is 5.26 Å². The average Bonchev–Trinajstić information content (AvgIpc) is 2.73. The number of hydrogen-bond acceptors (Lipinski definition) is 3. The number of aryl methyl sites for hydroxylation is 1. The molecule has 2 aromatic rings. The minimum atomic E-state index is -0.178. The van der Waals surface area contributed by atoms with Gasteiger partial charge in [-0.2, -0.15) is 10.4 Å². The Bertz CT molecular complexity index is 640. The van der Waals surface area contributed by atoms with Crippen LogP contribution in [0.3, 0.4) is 0 Å². The van der Waals surface area contributed by atoms with Crippen LogP contribution in [0.2, 0.25) is 0 Å². The lowest BCUT2D eigenvalue weighted by Crippen LogP contribution is -2.17. The summed E-state index contributed by atoms with van der Waals surface area (Å²) in [6.45, 7) is 0. The van der Waals surface area contributed by atoms with E-state index in [-0.39, 0.29) is 12.3 Å². The van der Waals surface area contributed by atoms with Gasteiger partial charge < -0.3 is 5.32 Å². The maximum Gasteiger partial charge on any atom is 0.229 e. The number of nitriles is 1. The molecule has 19 heavy (non-hydrogen) atoms. The van der Waals surface area contributed by atoms with Crippen LogP contribution in [0.25, 0.3) is 0 Å². The molecule has 2 rings (SSSR count). The van der Waals surface area contributed by atoms with E-state index < -0.39 is 0 Å². The maximum atomic E-state index is 11.9. The molecule has 0 saturated carbocycles. The molecular formula is C13H11BrN4O. The van der Waals surface area contributed by atoms with E-state index in [1.54, 1.807) is 7.05 Å². The zero-order valence-corrected chi connectivity index (χ0v) is 11.8. The second kappa shape index (κ2) is 5.67. The molecule has 0 aliphatic carbocycles. The van der Waals surface area contributed by atoms with Crippen LogP contribution in [0, 0.1) is 11.3 Å². The summed E-state index contributed by atoms with van der Waals surface area (Å²) in [5.74, 6) is 0.243. The van der Waals surface area contributed by atoms with E-state index in [1.165, 1.54) is 10.9 Å². The van der Waals surface area contributed by atoms with Crippen molar-refractivity contribution in [3.8, 4) is 6.07 Å². The highest BCUT2D eigenvalue weighted by molar-refractivity contribution is 9.10. The van der Waals surface area contributed by atoms with E-state index in [0.29, 0.717) is 11.4 Å². The molecule has 96 valence electrons. The number of rotatable bonds is 3. The quantitative estimate of drug-likeness (QED) is 0.943. The Kier molecular flexibility index (Phi) is 3.97. The van der Waals surface area contributed by atoms with Crippen molar-refractivity contribution in [1.29, 1.82) is 5.26 Å². The van der Waals surface area contributed by atoms with Crippen LogP contribution < -0.4 is 5.32 Å². The van der Waals surface area contributed by atoms with Gasteiger partial charge in [0.15, 0.2) is 0 Å². The summed E-state index contributed by atoms with van der Waals surface area (Å²) in [6, 6.07) is 9.50. The molecule has 0 radical (unpaired) electrons. The van der Waals surface area contributed by atoms with Gasteiger partial charge in [-0.05, 0) is 17.7 Å². The highest BCUT2D eigenvalue weighted by Gasteiger charge is 2.11. The van der Waals surface area contributed by atoms with Gasteiger partial charge in [0, 0.05) is 11.5 Å². The van der Waals surface area contributed by atoms with Gasteiger partial charge >= 0.3 is 0 Å². The molecule has 1 amide bonds. The minimum Gasteiger partial charge on any atom is -0.310 e. The van der Waals surface area contributed by atoms with Crippen molar-refractivity contribution in [3.05, 3.63) is 46.1 Å². The molecule has 1 heterocycles. The number of nitrogens with zero attached hydrogens (tertiary/aromatic N) is 3. The summed E-state index contributed by atoms with van der Waals surface area (Å²) in [5, 5.41) is 15.5. The molecule has 0 atom stereocenters. The lowest BCUT2D eigenvalue weighted by molar-refractivity contribution is -0.115. The lowest BCUT2D eigenvalue weighted by atomic mass is 10.1. The molecule has 0 aliphatic rings. The first kappa shape index (κ1) is 13.3. The summed E-state index contributed by atoms with van der Waals surface area (Å²) >= 11 is 3.34. The predicted octanol–water partition coefficient (Wildman–Crippen LogP) is 2.24. The number of nitrogens with one attached hydrogen (secondary N) is 1. The van der Waals surface area contributed by atoms with Crippen LogP contribution in [0.5, 0.6) is 0 Å². The van der Waals surface area contributed by atoms with Crippen molar-refractivity contribution >= 4 is 27.7 Å². The van der Waals surface area contributed by atoms with Gasteiger partial charge in [-0.3, -0.25) is 9.48 Å². The van der Waals surface area contributed by atoms with E-state index in [2.05, 4.69) is 26.3 Å². The van der Waals surface area contributed by atoms with Gasteiger partial charge in [0.2, 0.25) is 5.91 Å². The van der Waals surface area contributed by atoms with Crippen LogP contribution in [0.15, 0.2) is 34.9 Å². The van der Waals surface area contributed by atoms with Gasteiger partial charge in [0.05, 0.1) is 12.6 Å². The van der Waals surface area contributed by atoms with Crippen LogP contribution in [-0.2, 0) is 18.3 Å². The van der Waals surface area contributed by atoms with Crippen LogP contribution in [0.4, 0.5) is 5.82 Å². The molecule has 6 heteroatoms. The SMILES string of the molecule is Cn1ncc(C#N)c1NC(=O)Cc1ccc(Br)cc1. The van der Waals surface area contributed by atoms with Crippen LogP contribution in [0.1, 0.15) is 11.1 Å². The number of amides is 1. The Morgan fingerprint density at radius 2 is 2.16 bits per heavy atom. The molecule has 0 fully saturated rings. The van der Waals surface area contributed by atoms with Crippen molar-refractivity contribution in [3.63, 3.8) is 0 Å². The number of carbonyl (C=O) groups is 1. The zero-order chi connectivity index (χ0) is 13.8. The van der Waals surface area contributed by atoms with E-state index in [1.807, 2.05) is 30.3 Å². The fourth-order valence-corrected chi connectivity index (χ4v) is 1.90. The van der Waals surface area contributed by atoms with Crippen molar-refractivity contribution < 1.29 is 4.79 Å². The summed E-state index contributed by atoms with van der Waals surface area (Å²) in [6.07, 6.45) is 1.68. The number of halogens is 1. The van der Waals surface area contributed by atoms with E-state index in [0.717, 1.165) is 10.0 Å². The monoisotopic (exact) mass is 318 g/mol. The summed E-state index contributed by atoms with van der Waals surface area (Å²) in [4.78, 5) is 11.9. The number of aromatic nitrogens is 2. The number of hydrogen-bond donors (Lipinski definition) is 1. The molecule has 1 N–H and O–H groups in total. The van der Waals surface area contributed by atoms with Crippen molar-refractivity contribution in [2.24, 2.45) is 7.05 Å². The minimum absolute atomic E-state index is 0.178. The normalized spacial score (nSPS) is 9.95. The third-order valence-corrected chi connectivity index (χ3v) is 3.12. The first-order valence-electron chi connectivity index (χ1n) is 5.56. The Morgan fingerprint density at radius 1 is 1.47 bits per heavy atom. The second-order valence-electron chi connectivity index (χ2n) is 3.99. The Labute approximate surface area is 119 Å². The molecule has 1 aromatic carbocycles. The Morgan fingerprint density at radius 3 is 2.79 bits per heavy atom. The van der Waals surface area contributed by atoms with E-state index >= 15 is 0 Å². The van der Waals surface area contributed by atoms with Gasteiger partial charge in [0.1, 0.15) is 17.5 Å². The molecule has 0 bridgehead atoms. The molecule has 0 aliphatic heterocycles. The van der Waals surface area contributed by atoms with Crippen molar-refractivity contribution in [1.82, 2.24) is 9.78 Å². The Hall–Kier alpha value is -2.13. The highest BCUT2D eigenvalue weighted by Crippen LogP contribution is 2.14. The smallest absolute Gasteiger partial charge is 0.229 e. The second-order valence-corrected chi connectivity index (χ2v) is 4.91. The first-order chi connectivity index (χ1) is 9.10. The summed E-state index contributed by atoms with van der Waals surface area (Å²) < 4.78 is 2.44. The summed E-state index contributed by atoms with van der Waals surface area (Å²) in [7, 11) is 1.68. The van der Waals surface area contributed by atoms with Crippen molar-refractivity contribution in [2.45, 2.75) is 6.42 Å². The third-order valence-electron chi connectivity index (χ3n) is 2.59. The van der Waals surface area contributed by atoms with Crippen molar-refractivity contribution in [2.75, 3.05) is 5.32 Å². The summed E-state index contributed by atoms with van der Waals surface area (Å²) in [5.41, 5.74) is 1.26. The molecule has 1 aromatic heterocycles.